The van der Waals surface area contributed by atoms with Crippen molar-refractivity contribution in [3.8, 4) is 0 Å². The molecular weight excluding hydrogens is 460 g/mol. The van der Waals surface area contributed by atoms with Gasteiger partial charge in [-0.25, -0.2) is 4.79 Å². The quantitative estimate of drug-likeness (QED) is 0.141. The Bertz CT molecular complexity index is 611. The second kappa shape index (κ2) is 23.3. The fourth-order valence-electron chi connectivity index (χ4n) is 4.09. The Kier molecular flexibility index (Phi) is 21.9. The first-order valence-corrected chi connectivity index (χ1v) is 14.1. The standard InChI is InChI=1S/C28H52N2O6/c1-5-6-7-8-9-10-11-12-13-14-15-16-17-18-19-20-25(31)29-23(2)27(33)30-24(28(34)36-4)21-22-26(32)35-3/h23-24H,5-22H2,1-4H3,(H,29,31)(H,30,33)/t23-,24+/m0/s1. The van der Waals surface area contributed by atoms with Gasteiger partial charge in [-0.1, -0.05) is 96.8 Å². The molecule has 0 saturated heterocycles. The normalized spacial score (nSPS) is 12.4. The Morgan fingerprint density at radius 2 is 1.11 bits per heavy atom. The van der Waals surface area contributed by atoms with Crippen molar-refractivity contribution in [2.45, 2.75) is 142 Å². The molecule has 0 spiro atoms. The van der Waals surface area contributed by atoms with Crippen LogP contribution in [0.5, 0.6) is 0 Å². The van der Waals surface area contributed by atoms with Crippen molar-refractivity contribution in [1.82, 2.24) is 10.6 Å². The predicted molar refractivity (Wildman–Crippen MR) is 142 cm³/mol. The summed E-state index contributed by atoms with van der Waals surface area (Å²) in [5.41, 5.74) is 0. The first-order chi connectivity index (χ1) is 17.3. The summed E-state index contributed by atoms with van der Waals surface area (Å²) in [6.07, 6.45) is 19.4. The van der Waals surface area contributed by atoms with Gasteiger partial charge in [-0.15, -0.1) is 0 Å². The van der Waals surface area contributed by atoms with E-state index in [4.69, 9.17) is 0 Å². The molecule has 0 saturated carbocycles. The summed E-state index contributed by atoms with van der Waals surface area (Å²) in [6, 6.07) is -1.77. The molecule has 0 bridgehead atoms. The van der Waals surface area contributed by atoms with Gasteiger partial charge >= 0.3 is 11.9 Å². The van der Waals surface area contributed by atoms with Crippen LogP contribution < -0.4 is 10.6 Å². The Labute approximate surface area is 219 Å². The number of carbonyl (C=O) groups is 4. The van der Waals surface area contributed by atoms with E-state index < -0.39 is 29.9 Å². The number of hydrogen-bond donors (Lipinski definition) is 2. The SMILES string of the molecule is CCCCCCCCCCCCCCCCCC(=O)N[C@@H](C)C(=O)N[C@H](CCC(=O)OC)C(=O)OC. The first-order valence-electron chi connectivity index (χ1n) is 14.1. The zero-order chi connectivity index (χ0) is 27.0. The maximum atomic E-state index is 12.4. The third-order valence-electron chi connectivity index (χ3n) is 6.45. The smallest absolute Gasteiger partial charge is 0.328 e. The molecule has 2 N–H and O–H groups in total. The topological polar surface area (TPSA) is 111 Å². The zero-order valence-electron chi connectivity index (χ0n) is 23.3. The van der Waals surface area contributed by atoms with E-state index in [1.807, 2.05) is 0 Å². The molecule has 0 heterocycles. The van der Waals surface area contributed by atoms with Gasteiger partial charge in [0, 0.05) is 12.8 Å². The van der Waals surface area contributed by atoms with Crippen molar-refractivity contribution in [2.24, 2.45) is 0 Å². The number of rotatable bonds is 23. The molecule has 0 aliphatic rings. The molecule has 0 aliphatic heterocycles. The molecule has 0 radical (unpaired) electrons. The van der Waals surface area contributed by atoms with Crippen LogP contribution in [0.4, 0.5) is 0 Å². The van der Waals surface area contributed by atoms with Crippen LogP contribution in [0, 0.1) is 0 Å². The van der Waals surface area contributed by atoms with Crippen LogP contribution in [0.15, 0.2) is 0 Å². The molecule has 0 aromatic carbocycles. The average molecular weight is 513 g/mol. The van der Waals surface area contributed by atoms with Gasteiger partial charge in [0.1, 0.15) is 12.1 Å². The van der Waals surface area contributed by atoms with E-state index in [9.17, 15) is 19.2 Å². The van der Waals surface area contributed by atoms with Gasteiger partial charge in [0.25, 0.3) is 0 Å². The van der Waals surface area contributed by atoms with E-state index in [0.717, 1.165) is 19.3 Å². The van der Waals surface area contributed by atoms with E-state index >= 15 is 0 Å². The second-order valence-electron chi connectivity index (χ2n) is 9.69. The number of ether oxygens (including phenoxy) is 2. The van der Waals surface area contributed by atoms with Gasteiger partial charge in [0.15, 0.2) is 0 Å². The van der Waals surface area contributed by atoms with Crippen molar-refractivity contribution in [3.63, 3.8) is 0 Å². The van der Waals surface area contributed by atoms with E-state index in [1.165, 1.54) is 91.3 Å². The van der Waals surface area contributed by atoms with Crippen LogP contribution in [0.25, 0.3) is 0 Å². The number of carbonyl (C=O) groups excluding carboxylic acids is 4. The molecule has 8 nitrogen and oxygen atoms in total. The minimum Gasteiger partial charge on any atom is -0.469 e. The summed E-state index contributed by atoms with van der Waals surface area (Å²) in [6.45, 7) is 3.82. The van der Waals surface area contributed by atoms with Crippen LogP contribution in [-0.4, -0.2) is 50.1 Å². The summed E-state index contributed by atoms with van der Waals surface area (Å²) >= 11 is 0. The summed E-state index contributed by atoms with van der Waals surface area (Å²) in [5, 5.41) is 5.21. The van der Waals surface area contributed by atoms with Crippen LogP contribution in [-0.2, 0) is 28.7 Å². The fraction of sp³-hybridized carbons (Fsp3) is 0.857. The number of esters is 2. The van der Waals surface area contributed by atoms with Crippen molar-refractivity contribution < 1.29 is 28.7 Å². The molecule has 2 amide bonds. The maximum Gasteiger partial charge on any atom is 0.328 e. The molecular formula is C28H52N2O6. The summed E-state index contributed by atoms with van der Waals surface area (Å²) in [4.78, 5) is 47.8. The lowest BCUT2D eigenvalue weighted by Gasteiger charge is -2.19. The van der Waals surface area contributed by atoms with Crippen LogP contribution >= 0.6 is 0 Å². The van der Waals surface area contributed by atoms with E-state index in [2.05, 4.69) is 27.0 Å². The highest BCUT2D eigenvalue weighted by Gasteiger charge is 2.25. The number of nitrogens with one attached hydrogen (secondary N) is 2. The minimum atomic E-state index is -0.975. The number of methoxy groups -OCH3 is 2. The molecule has 2 atom stereocenters. The predicted octanol–water partition coefficient (Wildman–Crippen LogP) is 5.36. The molecule has 0 aliphatic carbocycles. The maximum absolute atomic E-state index is 12.4. The van der Waals surface area contributed by atoms with Gasteiger partial charge in [-0.05, 0) is 19.8 Å². The molecule has 210 valence electrons. The Morgan fingerprint density at radius 3 is 1.56 bits per heavy atom. The Morgan fingerprint density at radius 1 is 0.639 bits per heavy atom. The Balaban J connectivity index is 3.84. The molecule has 0 aromatic rings. The van der Waals surface area contributed by atoms with Crippen LogP contribution in [0.3, 0.4) is 0 Å². The lowest BCUT2D eigenvalue weighted by Crippen LogP contribution is -2.50. The van der Waals surface area contributed by atoms with Gasteiger partial charge < -0.3 is 20.1 Å². The van der Waals surface area contributed by atoms with Gasteiger partial charge in [-0.2, -0.15) is 0 Å². The van der Waals surface area contributed by atoms with E-state index in [-0.39, 0.29) is 18.7 Å². The summed E-state index contributed by atoms with van der Waals surface area (Å²) < 4.78 is 9.25. The van der Waals surface area contributed by atoms with Crippen molar-refractivity contribution in [2.75, 3.05) is 14.2 Å². The lowest BCUT2D eigenvalue weighted by molar-refractivity contribution is -0.146. The minimum absolute atomic E-state index is 0.0313. The Hall–Kier alpha value is -2.12. The highest BCUT2D eigenvalue weighted by atomic mass is 16.5. The molecule has 0 rings (SSSR count). The van der Waals surface area contributed by atoms with Crippen LogP contribution in [0.1, 0.15) is 129 Å². The largest absolute Gasteiger partial charge is 0.469 e. The highest BCUT2D eigenvalue weighted by Crippen LogP contribution is 2.13. The molecule has 0 aromatic heterocycles. The van der Waals surface area contributed by atoms with Crippen molar-refractivity contribution in [1.29, 1.82) is 0 Å². The van der Waals surface area contributed by atoms with Crippen LogP contribution in [0.2, 0.25) is 0 Å². The number of hydrogen-bond acceptors (Lipinski definition) is 6. The van der Waals surface area contributed by atoms with E-state index in [0.29, 0.717) is 6.42 Å². The molecule has 0 unspecified atom stereocenters. The highest BCUT2D eigenvalue weighted by molar-refractivity contribution is 5.90. The summed E-state index contributed by atoms with van der Waals surface area (Å²) in [7, 11) is 2.46. The van der Waals surface area contributed by atoms with Gasteiger partial charge in [0.05, 0.1) is 14.2 Å². The van der Waals surface area contributed by atoms with Crippen molar-refractivity contribution in [3.05, 3.63) is 0 Å². The second-order valence-corrected chi connectivity index (χ2v) is 9.69. The lowest BCUT2D eigenvalue weighted by atomic mass is 10.0. The third-order valence-corrected chi connectivity index (χ3v) is 6.45. The number of amides is 2. The molecule has 36 heavy (non-hydrogen) atoms. The molecule has 8 heteroatoms. The molecule has 0 fully saturated rings. The van der Waals surface area contributed by atoms with Gasteiger partial charge in [0.2, 0.25) is 11.8 Å². The third kappa shape index (κ3) is 19.1. The monoisotopic (exact) mass is 512 g/mol. The number of unbranched alkanes of at least 4 members (excludes halogenated alkanes) is 14. The fourth-order valence-corrected chi connectivity index (χ4v) is 4.09. The zero-order valence-corrected chi connectivity index (χ0v) is 23.3. The summed E-state index contributed by atoms with van der Waals surface area (Å²) in [5.74, 6) is -1.82. The van der Waals surface area contributed by atoms with E-state index in [1.54, 1.807) is 6.92 Å². The van der Waals surface area contributed by atoms with Crippen molar-refractivity contribution >= 4 is 23.8 Å². The first kappa shape index (κ1) is 33.9. The van der Waals surface area contributed by atoms with Gasteiger partial charge in [-0.3, -0.25) is 14.4 Å². The average Bonchev–Trinajstić information content (AvgIpc) is 2.87.